The van der Waals surface area contributed by atoms with Crippen molar-refractivity contribution < 1.29 is 36.6 Å². The van der Waals surface area contributed by atoms with Crippen LogP contribution in [-0.2, 0) is 11.2 Å². The first-order valence-electron chi connectivity index (χ1n) is 11.3. The van der Waals surface area contributed by atoms with E-state index in [1.165, 1.54) is 12.1 Å². The number of nitrogens with one attached hydrogen (secondary N) is 2. The number of aromatic amines is 1. The smallest absolute Gasteiger partial charge is 0.408 e. The normalized spacial score (nSPS) is 19.9. The first-order valence-corrected chi connectivity index (χ1v) is 11.7. The molecule has 0 radical (unpaired) electrons. The van der Waals surface area contributed by atoms with Gasteiger partial charge in [-0.3, -0.25) is 14.7 Å². The van der Waals surface area contributed by atoms with Crippen molar-refractivity contribution in [2.45, 2.75) is 38.4 Å². The van der Waals surface area contributed by atoms with Crippen molar-refractivity contribution in [3.8, 4) is 0 Å². The number of carbonyl (C=O) groups excluding carboxylic acids is 1. The topological polar surface area (TPSA) is 111 Å². The Balaban J connectivity index is 1.65. The molecule has 3 N–H and O–H groups in total. The van der Waals surface area contributed by atoms with Gasteiger partial charge in [0.2, 0.25) is 0 Å². The Morgan fingerprint density at radius 2 is 1.97 bits per heavy atom. The monoisotopic (exact) mass is 557 g/mol. The van der Waals surface area contributed by atoms with Gasteiger partial charge in [-0.25, -0.2) is 13.8 Å². The summed E-state index contributed by atoms with van der Waals surface area (Å²) in [6.45, 7) is 1.07. The summed E-state index contributed by atoms with van der Waals surface area (Å²) in [4.78, 5) is 29.8. The van der Waals surface area contributed by atoms with E-state index in [-0.39, 0.29) is 11.5 Å². The van der Waals surface area contributed by atoms with Crippen LogP contribution in [0.3, 0.4) is 0 Å². The second-order valence-corrected chi connectivity index (χ2v) is 9.47. The molecule has 2 atom stereocenters. The number of hydrogen-bond acceptors (Lipinski definition) is 5. The molecule has 1 aliphatic rings. The van der Waals surface area contributed by atoms with Crippen LogP contribution < -0.4 is 5.32 Å². The van der Waals surface area contributed by atoms with E-state index >= 15 is 0 Å². The number of aromatic nitrogens is 3. The molecule has 8 nitrogen and oxygen atoms in total. The molecule has 2 aromatic heterocycles. The summed E-state index contributed by atoms with van der Waals surface area (Å²) in [7, 11) is 0. The molecular formula is C24H21ClF5N5O3. The number of carbonyl (C=O) groups is 2. The Kier molecular flexibility index (Phi) is 7.33. The van der Waals surface area contributed by atoms with Gasteiger partial charge in [0.05, 0.1) is 21.7 Å². The number of carboxylic acids is 1. The van der Waals surface area contributed by atoms with E-state index in [0.29, 0.717) is 10.7 Å². The predicted octanol–water partition coefficient (Wildman–Crippen LogP) is 5.27. The van der Waals surface area contributed by atoms with E-state index in [4.69, 9.17) is 11.6 Å². The van der Waals surface area contributed by atoms with Gasteiger partial charge >= 0.3 is 12.1 Å². The summed E-state index contributed by atoms with van der Waals surface area (Å²) in [5.41, 5.74) is -2.43. The van der Waals surface area contributed by atoms with Crippen molar-refractivity contribution in [2.24, 2.45) is 5.41 Å². The second-order valence-electron chi connectivity index (χ2n) is 9.06. The van der Waals surface area contributed by atoms with Crippen molar-refractivity contribution in [3.05, 3.63) is 70.0 Å². The number of aryl methyl sites for hydroxylation is 1. The first kappa shape index (κ1) is 27.3. The number of pyridine rings is 1. The minimum atomic E-state index is -5.06. The average molecular weight is 558 g/mol. The van der Waals surface area contributed by atoms with Crippen LogP contribution in [0.5, 0.6) is 0 Å². The van der Waals surface area contributed by atoms with Crippen LogP contribution in [0.15, 0.2) is 36.4 Å². The van der Waals surface area contributed by atoms with Gasteiger partial charge in [-0.05, 0) is 44.0 Å². The summed E-state index contributed by atoms with van der Waals surface area (Å²) >= 11 is 5.68. The Hall–Kier alpha value is -3.74. The molecule has 0 bridgehead atoms. The number of aliphatic carboxylic acids is 1. The van der Waals surface area contributed by atoms with Crippen molar-refractivity contribution in [2.75, 3.05) is 11.9 Å². The van der Waals surface area contributed by atoms with Crippen LogP contribution in [0.1, 0.15) is 34.6 Å². The summed E-state index contributed by atoms with van der Waals surface area (Å²) in [5, 5.41) is 19.0. The third-order valence-electron chi connectivity index (χ3n) is 6.45. The molecule has 1 amide bonds. The van der Waals surface area contributed by atoms with Gasteiger partial charge < -0.3 is 15.3 Å². The molecule has 202 valence electrons. The van der Waals surface area contributed by atoms with E-state index in [9.17, 15) is 36.6 Å². The van der Waals surface area contributed by atoms with Gasteiger partial charge in [-0.2, -0.15) is 18.3 Å². The van der Waals surface area contributed by atoms with Gasteiger partial charge in [0.1, 0.15) is 17.7 Å². The fourth-order valence-corrected chi connectivity index (χ4v) is 4.65. The fraction of sp³-hybridized carbons (Fsp3) is 0.333. The largest absolute Gasteiger partial charge is 0.481 e. The quantitative estimate of drug-likeness (QED) is 0.356. The van der Waals surface area contributed by atoms with Gasteiger partial charge in [0.25, 0.3) is 5.91 Å². The zero-order valence-corrected chi connectivity index (χ0v) is 20.5. The maximum atomic E-state index is 14.7. The summed E-state index contributed by atoms with van der Waals surface area (Å²) in [6.07, 6.45) is -7.28. The number of H-pyrrole nitrogens is 1. The predicted molar refractivity (Wildman–Crippen MR) is 126 cm³/mol. The number of hydrogen-bond donors (Lipinski definition) is 3. The molecular weight excluding hydrogens is 537 g/mol. The van der Waals surface area contributed by atoms with E-state index in [2.05, 4.69) is 20.5 Å². The highest BCUT2D eigenvalue weighted by Gasteiger charge is 2.56. The summed E-state index contributed by atoms with van der Waals surface area (Å²) in [5.74, 6) is -4.52. The molecule has 4 rings (SSSR count). The van der Waals surface area contributed by atoms with Gasteiger partial charge in [-0.15, -0.1) is 0 Å². The maximum Gasteiger partial charge on any atom is 0.408 e. The molecule has 2 unspecified atom stereocenters. The zero-order valence-electron chi connectivity index (χ0n) is 19.7. The van der Waals surface area contributed by atoms with Crippen molar-refractivity contribution in [1.29, 1.82) is 0 Å². The maximum absolute atomic E-state index is 14.7. The highest BCUT2D eigenvalue weighted by atomic mass is 35.5. The average Bonchev–Trinajstić information content (AvgIpc) is 3.26. The van der Waals surface area contributed by atoms with Crippen molar-refractivity contribution >= 4 is 35.1 Å². The molecule has 1 aromatic carbocycles. The Morgan fingerprint density at radius 1 is 1.24 bits per heavy atom. The third-order valence-corrected chi connectivity index (χ3v) is 6.74. The van der Waals surface area contributed by atoms with Crippen LogP contribution in [0.25, 0.3) is 0 Å². The molecule has 1 aliphatic heterocycles. The highest BCUT2D eigenvalue weighted by Crippen LogP contribution is 2.44. The standard InChI is InChI=1S/C24H21ClF5N5O3/c1-12-9-19(34-33-12)32-18-6-5-15(26)16(31-18)10-23(22(37)38)7-8-35(17(11-23)24(28,29)30)21(36)13-3-2-4-14(25)20(13)27/h2-6,9,17H,7-8,10-11H2,1H3,(H,37,38)(H2,31,32,33,34). The lowest BCUT2D eigenvalue weighted by molar-refractivity contribution is -0.199. The second kappa shape index (κ2) is 10.2. The van der Waals surface area contributed by atoms with Crippen LogP contribution in [0, 0.1) is 24.0 Å². The number of amides is 1. The van der Waals surface area contributed by atoms with E-state index in [1.807, 2.05) is 0 Å². The molecule has 3 aromatic rings. The van der Waals surface area contributed by atoms with Gasteiger partial charge in [0.15, 0.2) is 11.6 Å². The van der Waals surface area contributed by atoms with Crippen LogP contribution in [0.4, 0.5) is 33.6 Å². The minimum Gasteiger partial charge on any atom is -0.481 e. The van der Waals surface area contributed by atoms with E-state index in [1.54, 1.807) is 13.0 Å². The minimum absolute atomic E-state index is 0.102. The van der Waals surface area contributed by atoms with Crippen LogP contribution in [0.2, 0.25) is 5.02 Å². The molecule has 0 spiro atoms. The third kappa shape index (κ3) is 5.42. The van der Waals surface area contributed by atoms with Gasteiger partial charge in [-0.1, -0.05) is 17.7 Å². The van der Waals surface area contributed by atoms with Crippen LogP contribution in [-0.4, -0.2) is 55.8 Å². The van der Waals surface area contributed by atoms with Crippen molar-refractivity contribution in [3.63, 3.8) is 0 Å². The lowest BCUT2D eigenvalue weighted by atomic mass is 9.71. The molecule has 38 heavy (non-hydrogen) atoms. The van der Waals surface area contributed by atoms with E-state index in [0.717, 1.165) is 23.9 Å². The lowest BCUT2D eigenvalue weighted by Gasteiger charge is -2.45. The number of benzene rings is 1. The number of carboxylic acid groups (broad SMARTS) is 1. The number of anilines is 2. The summed E-state index contributed by atoms with van der Waals surface area (Å²) < 4.78 is 71.6. The number of piperidine rings is 1. The Bertz CT molecular complexity index is 1380. The molecule has 14 heteroatoms. The molecule has 1 fully saturated rings. The number of alkyl halides is 3. The molecule has 0 aliphatic carbocycles. The SMILES string of the molecule is Cc1cc(Nc2ccc(F)c(CC3(C(=O)O)CCN(C(=O)c4cccc(Cl)c4F)C(C(F)(F)F)C3)n2)n[nH]1. The van der Waals surface area contributed by atoms with Crippen LogP contribution >= 0.6 is 11.6 Å². The number of rotatable bonds is 6. The molecule has 3 heterocycles. The van der Waals surface area contributed by atoms with Crippen molar-refractivity contribution in [1.82, 2.24) is 20.1 Å². The fourth-order valence-electron chi connectivity index (χ4n) is 4.47. The molecule has 0 saturated carbocycles. The number of likely N-dealkylation sites (tertiary alicyclic amines) is 1. The number of halogens is 6. The van der Waals surface area contributed by atoms with E-state index < -0.39 is 77.5 Å². The Morgan fingerprint density at radius 3 is 2.61 bits per heavy atom. The first-order chi connectivity index (χ1) is 17.8. The lowest BCUT2D eigenvalue weighted by Crippen LogP contribution is -2.58. The highest BCUT2D eigenvalue weighted by molar-refractivity contribution is 6.31. The number of nitrogens with zero attached hydrogens (tertiary/aromatic N) is 3. The summed E-state index contributed by atoms with van der Waals surface area (Å²) in [6, 6.07) is 4.69. The Labute approximate surface area is 217 Å². The van der Waals surface area contributed by atoms with Gasteiger partial charge in [0, 0.05) is 24.7 Å². The zero-order chi connectivity index (χ0) is 27.8. The molecule has 1 saturated heterocycles.